The summed E-state index contributed by atoms with van der Waals surface area (Å²) >= 11 is 0. The van der Waals surface area contributed by atoms with E-state index in [4.69, 9.17) is 10.2 Å². The Kier molecular flexibility index (Phi) is 12.4. The Morgan fingerprint density at radius 1 is 0.632 bits per heavy atom. The van der Waals surface area contributed by atoms with Crippen LogP contribution in [0.2, 0.25) is 0 Å². The Morgan fingerprint density at radius 2 is 1.13 bits per heavy atom. The third-order valence-corrected chi connectivity index (χ3v) is 6.19. The number of hydrogen-bond acceptors (Lipinski definition) is 8. The number of unbranched alkanes of at least 4 members (excludes halogenated alkanes) is 6. The Bertz CT molecular complexity index is 1090. The number of benzene rings is 2. The van der Waals surface area contributed by atoms with Crippen molar-refractivity contribution >= 4 is 34.2 Å². The fourth-order valence-electron chi connectivity index (χ4n) is 4.01. The molecular weight excluding hydrogens is 480 g/mol. The van der Waals surface area contributed by atoms with Crippen molar-refractivity contribution in [1.82, 2.24) is 0 Å². The molecule has 0 saturated heterocycles. The molecule has 6 N–H and O–H groups in total. The first-order valence-corrected chi connectivity index (χ1v) is 13.5. The molecule has 0 saturated carbocycles. The Morgan fingerprint density at radius 3 is 1.68 bits per heavy atom. The van der Waals surface area contributed by atoms with Crippen molar-refractivity contribution in [2.45, 2.75) is 51.4 Å². The maximum Gasteiger partial charge on any atom is 0.205 e. The lowest BCUT2D eigenvalue weighted by Crippen LogP contribution is -2.18. The van der Waals surface area contributed by atoms with Crippen LogP contribution in [0.4, 0.5) is 22.7 Å². The molecule has 1 aliphatic carbocycles. The van der Waals surface area contributed by atoms with Gasteiger partial charge in [0.25, 0.3) is 0 Å². The van der Waals surface area contributed by atoms with Crippen molar-refractivity contribution < 1.29 is 20.1 Å². The van der Waals surface area contributed by atoms with Crippen LogP contribution < -0.4 is 16.0 Å². The van der Waals surface area contributed by atoms with E-state index in [9.17, 15) is 9.90 Å². The summed E-state index contributed by atoms with van der Waals surface area (Å²) in [7, 11) is 0. The quantitative estimate of drug-likeness (QED) is 0.117. The normalized spacial score (nSPS) is 14.3. The molecule has 8 nitrogen and oxygen atoms in total. The summed E-state index contributed by atoms with van der Waals surface area (Å²) in [4.78, 5) is 17.0. The largest absolute Gasteiger partial charge is 0.506 e. The number of aliphatic hydroxyl groups is 3. The number of allylic oxidation sites excluding steroid dienone is 2. The number of aliphatic hydroxyl groups excluding tert-OH is 3. The van der Waals surface area contributed by atoms with Crippen LogP contribution in [0.1, 0.15) is 51.4 Å². The van der Waals surface area contributed by atoms with Crippen LogP contribution in [-0.4, -0.2) is 53.1 Å². The zero-order valence-electron chi connectivity index (χ0n) is 22.0. The minimum absolute atomic E-state index is 0.163. The van der Waals surface area contributed by atoms with Gasteiger partial charge in [-0.3, -0.25) is 4.79 Å². The number of carbonyl (C=O) groups excluding carboxylic acids is 1. The molecule has 0 radical (unpaired) electrons. The van der Waals surface area contributed by atoms with Gasteiger partial charge in [0.05, 0.1) is 11.4 Å². The van der Waals surface area contributed by atoms with Crippen LogP contribution in [0, 0.1) is 0 Å². The maximum absolute atomic E-state index is 12.5. The molecular formula is C30H40N4O4. The van der Waals surface area contributed by atoms with E-state index in [0.29, 0.717) is 17.1 Å². The second-order valence-electron chi connectivity index (χ2n) is 9.33. The monoisotopic (exact) mass is 520 g/mol. The highest BCUT2D eigenvalue weighted by Crippen LogP contribution is 2.22. The van der Waals surface area contributed by atoms with Gasteiger partial charge >= 0.3 is 0 Å². The molecule has 0 unspecified atom stereocenters. The number of hydrogen-bond donors (Lipinski definition) is 6. The second-order valence-corrected chi connectivity index (χ2v) is 9.33. The minimum Gasteiger partial charge on any atom is -0.506 e. The van der Waals surface area contributed by atoms with E-state index in [2.05, 4.69) is 20.9 Å². The zero-order valence-corrected chi connectivity index (χ0v) is 22.0. The summed E-state index contributed by atoms with van der Waals surface area (Å²) in [5.74, 6) is -0.478. The average molecular weight is 521 g/mol. The van der Waals surface area contributed by atoms with Gasteiger partial charge < -0.3 is 31.3 Å². The van der Waals surface area contributed by atoms with E-state index < -0.39 is 0 Å². The lowest BCUT2D eigenvalue weighted by atomic mass is 10.1. The summed E-state index contributed by atoms with van der Waals surface area (Å²) < 4.78 is 0. The van der Waals surface area contributed by atoms with Crippen LogP contribution in [0.15, 0.2) is 77.1 Å². The first-order valence-electron chi connectivity index (χ1n) is 13.5. The molecule has 8 heteroatoms. The molecule has 0 fully saturated rings. The van der Waals surface area contributed by atoms with E-state index in [-0.39, 0.29) is 24.8 Å². The predicted octanol–water partition coefficient (Wildman–Crippen LogP) is 5.71. The van der Waals surface area contributed by atoms with Crippen LogP contribution in [-0.2, 0) is 4.79 Å². The van der Waals surface area contributed by atoms with E-state index in [1.54, 1.807) is 6.08 Å². The number of carbonyl (C=O) groups is 1. The molecule has 0 heterocycles. The smallest absolute Gasteiger partial charge is 0.205 e. The first kappa shape index (κ1) is 28.9. The van der Waals surface area contributed by atoms with Gasteiger partial charge in [0.1, 0.15) is 11.5 Å². The number of aliphatic imine (C=N–C) groups is 1. The molecule has 0 aromatic heterocycles. The van der Waals surface area contributed by atoms with Crippen molar-refractivity contribution in [1.29, 1.82) is 0 Å². The van der Waals surface area contributed by atoms with E-state index in [1.165, 1.54) is 6.08 Å². The maximum atomic E-state index is 12.5. The Balaban J connectivity index is 1.54. The van der Waals surface area contributed by atoms with Crippen molar-refractivity contribution in [2.24, 2.45) is 4.99 Å². The third kappa shape index (κ3) is 10.0. The second kappa shape index (κ2) is 16.3. The number of rotatable bonds is 17. The Labute approximate surface area is 225 Å². The molecule has 0 spiro atoms. The van der Waals surface area contributed by atoms with Crippen LogP contribution in [0.25, 0.3) is 0 Å². The summed E-state index contributed by atoms with van der Waals surface area (Å²) in [6.45, 7) is 2.24. The van der Waals surface area contributed by atoms with Gasteiger partial charge in [-0.15, -0.1) is 0 Å². The van der Waals surface area contributed by atoms with Crippen LogP contribution in [0.5, 0.6) is 0 Å². The van der Waals surface area contributed by atoms with Crippen molar-refractivity contribution in [3.8, 4) is 0 Å². The van der Waals surface area contributed by atoms with Crippen molar-refractivity contribution in [3.05, 3.63) is 72.1 Å². The molecule has 0 aliphatic heterocycles. The highest BCUT2D eigenvalue weighted by molar-refractivity contribution is 6.22. The fourth-order valence-corrected chi connectivity index (χ4v) is 4.01. The summed E-state index contributed by atoms with van der Waals surface area (Å²) in [5.41, 5.74) is 4.08. The number of nitrogens with one attached hydrogen (secondary N) is 3. The zero-order chi connectivity index (χ0) is 27.0. The topological polar surface area (TPSA) is 126 Å². The molecule has 0 bridgehead atoms. The van der Waals surface area contributed by atoms with Gasteiger partial charge in [0, 0.05) is 49.4 Å². The first-order chi connectivity index (χ1) is 18.6. The van der Waals surface area contributed by atoms with Crippen molar-refractivity contribution in [2.75, 3.05) is 42.3 Å². The van der Waals surface area contributed by atoms with Gasteiger partial charge in [0.15, 0.2) is 0 Å². The van der Waals surface area contributed by atoms with E-state index in [1.807, 2.05) is 48.5 Å². The number of anilines is 3. The SMILES string of the molecule is O=C1C=C(O)C(=Nc2ccc(NCCCCCCO)cc2)C=C1Nc1ccc(NCCCCCCO)cc1. The predicted molar refractivity (Wildman–Crippen MR) is 155 cm³/mol. The molecule has 0 amide bonds. The van der Waals surface area contributed by atoms with Gasteiger partial charge in [-0.25, -0.2) is 4.99 Å². The van der Waals surface area contributed by atoms with Crippen molar-refractivity contribution in [3.63, 3.8) is 0 Å². The van der Waals surface area contributed by atoms with Gasteiger partial charge in [-0.1, -0.05) is 25.7 Å². The molecule has 2 aromatic carbocycles. The third-order valence-electron chi connectivity index (χ3n) is 6.19. The summed E-state index contributed by atoms with van der Waals surface area (Å²) in [6, 6.07) is 15.3. The summed E-state index contributed by atoms with van der Waals surface area (Å²) in [5, 5.41) is 37.9. The molecule has 3 rings (SSSR count). The van der Waals surface area contributed by atoms with E-state index >= 15 is 0 Å². The van der Waals surface area contributed by atoms with Gasteiger partial charge in [0.2, 0.25) is 5.78 Å². The van der Waals surface area contributed by atoms with Crippen LogP contribution >= 0.6 is 0 Å². The highest BCUT2D eigenvalue weighted by Gasteiger charge is 2.18. The standard InChI is InChI=1S/C30H40N4O4/c35-19-7-3-1-5-17-31-23-9-13-25(14-10-23)33-27-21-28(30(38)22-29(27)37)34-26-15-11-24(12-16-26)32-18-6-2-4-8-20-36/h9-16,21-22,31-33,35-36,38H,1-8,17-20H2. The molecule has 38 heavy (non-hydrogen) atoms. The average Bonchev–Trinajstić information content (AvgIpc) is 2.92. The molecule has 0 atom stereocenters. The molecule has 204 valence electrons. The fraction of sp³-hybridized carbons (Fsp3) is 0.400. The lowest BCUT2D eigenvalue weighted by Gasteiger charge is -2.14. The van der Waals surface area contributed by atoms with Crippen LogP contribution in [0.3, 0.4) is 0 Å². The van der Waals surface area contributed by atoms with Gasteiger partial charge in [-0.05, 0) is 80.3 Å². The number of nitrogens with zero attached hydrogens (tertiary/aromatic N) is 1. The van der Waals surface area contributed by atoms with E-state index in [0.717, 1.165) is 81.5 Å². The number of ketones is 1. The summed E-state index contributed by atoms with van der Waals surface area (Å²) in [6.07, 6.45) is 10.8. The van der Waals surface area contributed by atoms with Gasteiger partial charge in [-0.2, -0.15) is 0 Å². The molecule has 2 aromatic rings. The lowest BCUT2D eigenvalue weighted by molar-refractivity contribution is -0.111. The highest BCUT2D eigenvalue weighted by atomic mass is 16.3. The Hall–Kier alpha value is -3.62. The molecule has 1 aliphatic rings. The minimum atomic E-state index is -0.315.